The molecule has 2 nitrogen and oxygen atoms in total. The summed E-state index contributed by atoms with van der Waals surface area (Å²) < 4.78 is 37.2. The van der Waals surface area contributed by atoms with Crippen LogP contribution in [0.3, 0.4) is 0 Å². The van der Waals surface area contributed by atoms with Crippen LogP contribution in [-0.4, -0.2) is 17.8 Å². The molecule has 1 aromatic rings. The first-order valence-corrected chi connectivity index (χ1v) is 7.02. The quantitative estimate of drug-likeness (QED) is 0.890. The Morgan fingerprint density at radius 1 is 1.10 bits per heavy atom. The zero-order chi connectivity index (χ0) is 14.6. The minimum atomic E-state index is -4.28. The number of aliphatic hydroxyl groups excluding tert-OH is 1. The van der Waals surface area contributed by atoms with Crippen LogP contribution >= 0.6 is 0 Å². The van der Waals surface area contributed by atoms with Crippen LogP contribution in [0.15, 0.2) is 24.3 Å². The summed E-state index contributed by atoms with van der Waals surface area (Å²) in [6.45, 7) is 1.24. The number of halogens is 3. The van der Waals surface area contributed by atoms with Gasteiger partial charge in [0, 0.05) is 13.1 Å². The fourth-order valence-electron chi connectivity index (χ4n) is 2.64. The highest BCUT2D eigenvalue weighted by molar-refractivity contribution is 5.24. The van der Waals surface area contributed by atoms with E-state index >= 15 is 0 Å². The summed E-state index contributed by atoms with van der Waals surface area (Å²) >= 11 is 0. The Balaban J connectivity index is 1.79. The van der Waals surface area contributed by atoms with Crippen molar-refractivity contribution in [1.82, 2.24) is 5.32 Å². The third kappa shape index (κ3) is 4.21. The van der Waals surface area contributed by atoms with Crippen LogP contribution in [0.4, 0.5) is 13.2 Å². The van der Waals surface area contributed by atoms with Gasteiger partial charge in [0.1, 0.15) is 0 Å². The lowest BCUT2D eigenvalue weighted by atomic mass is 9.86. The highest BCUT2D eigenvalue weighted by atomic mass is 19.4. The van der Waals surface area contributed by atoms with Gasteiger partial charge < -0.3 is 10.4 Å². The molecule has 0 amide bonds. The third-order valence-electron chi connectivity index (χ3n) is 3.89. The second-order valence-corrected chi connectivity index (χ2v) is 5.44. The predicted molar refractivity (Wildman–Crippen MR) is 71.1 cm³/mol. The Hall–Kier alpha value is -1.07. The van der Waals surface area contributed by atoms with Crippen LogP contribution in [0.5, 0.6) is 0 Å². The number of alkyl halides is 3. The molecule has 2 rings (SSSR count). The van der Waals surface area contributed by atoms with E-state index in [1.165, 1.54) is 12.1 Å². The molecule has 1 aromatic carbocycles. The average Bonchev–Trinajstić information content (AvgIpc) is 2.40. The molecule has 0 aromatic heterocycles. The van der Waals surface area contributed by atoms with E-state index in [0.717, 1.165) is 43.4 Å². The number of benzene rings is 1. The Bertz CT molecular complexity index is 416. The van der Waals surface area contributed by atoms with E-state index in [9.17, 15) is 18.3 Å². The van der Waals surface area contributed by atoms with Crippen LogP contribution in [0.1, 0.15) is 36.8 Å². The molecule has 0 saturated heterocycles. The predicted octanol–water partition coefficient (Wildman–Crippen LogP) is 3.35. The smallest absolute Gasteiger partial charge is 0.393 e. The first-order valence-electron chi connectivity index (χ1n) is 7.02. The summed E-state index contributed by atoms with van der Waals surface area (Å²) in [6, 6.07) is 5.19. The van der Waals surface area contributed by atoms with Gasteiger partial charge in [-0.05, 0) is 36.5 Å². The van der Waals surface area contributed by atoms with Gasteiger partial charge in [-0.15, -0.1) is 0 Å². The van der Waals surface area contributed by atoms with Crippen molar-refractivity contribution in [2.75, 3.05) is 6.54 Å². The molecule has 0 spiro atoms. The van der Waals surface area contributed by atoms with E-state index in [1.807, 2.05) is 0 Å². The molecule has 2 atom stereocenters. The Labute approximate surface area is 117 Å². The summed E-state index contributed by atoms with van der Waals surface area (Å²) in [4.78, 5) is 0. The Morgan fingerprint density at radius 3 is 2.35 bits per heavy atom. The maximum atomic E-state index is 12.4. The fraction of sp³-hybridized carbons (Fsp3) is 0.600. The highest BCUT2D eigenvalue weighted by Gasteiger charge is 2.29. The molecule has 112 valence electrons. The molecular formula is C15H20F3NO. The van der Waals surface area contributed by atoms with Gasteiger partial charge in [-0.2, -0.15) is 13.2 Å². The number of hydrogen-bond acceptors (Lipinski definition) is 2. The first-order chi connectivity index (χ1) is 9.47. The van der Waals surface area contributed by atoms with E-state index in [1.54, 1.807) is 0 Å². The molecule has 0 heterocycles. The minimum absolute atomic E-state index is 0.246. The van der Waals surface area contributed by atoms with Gasteiger partial charge in [0.05, 0.1) is 11.7 Å². The maximum Gasteiger partial charge on any atom is 0.416 e. The van der Waals surface area contributed by atoms with Gasteiger partial charge in [0.2, 0.25) is 0 Å². The third-order valence-corrected chi connectivity index (χ3v) is 3.89. The lowest BCUT2D eigenvalue weighted by Gasteiger charge is -2.27. The molecule has 20 heavy (non-hydrogen) atoms. The van der Waals surface area contributed by atoms with Crippen molar-refractivity contribution in [3.05, 3.63) is 35.4 Å². The van der Waals surface area contributed by atoms with Gasteiger partial charge in [-0.3, -0.25) is 0 Å². The molecule has 0 bridgehead atoms. The summed E-state index contributed by atoms with van der Waals surface area (Å²) in [5.74, 6) is 0.262. The van der Waals surface area contributed by atoms with Crippen LogP contribution < -0.4 is 5.32 Å². The van der Waals surface area contributed by atoms with Crippen molar-refractivity contribution in [3.8, 4) is 0 Å². The van der Waals surface area contributed by atoms with E-state index in [2.05, 4.69) is 5.32 Å². The van der Waals surface area contributed by atoms with Gasteiger partial charge in [0.25, 0.3) is 0 Å². The number of aliphatic hydroxyl groups is 1. The molecular weight excluding hydrogens is 267 g/mol. The SMILES string of the molecule is OC1CCCCC1CNCc1ccc(C(F)(F)F)cc1. The average molecular weight is 287 g/mol. The van der Waals surface area contributed by atoms with Crippen molar-refractivity contribution in [3.63, 3.8) is 0 Å². The topological polar surface area (TPSA) is 32.3 Å². The second-order valence-electron chi connectivity index (χ2n) is 5.44. The van der Waals surface area contributed by atoms with Gasteiger partial charge in [-0.25, -0.2) is 0 Å². The molecule has 0 radical (unpaired) electrons. The van der Waals surface area contributed by atoms with Crippen LogP contribution in [0.25, 0.3) is 0 Å². The lowest BCUT2D eigenvalue weighted by molar-refractivity contribution is -0.137. The number of rotatable bonds is 4. The zero-order valence-corrected chi connectivity index (χ0v) is 11.3. The molecule has 2 unspecified atom stereocenters. The van der Waals surface area contributed by atoms with E-state index in [0.29, 0.717) is 13.1 Å². The normalized spacial score (nSPS) is 23.8. The molecule has 1 aliphatic carbocycles. The van der Waals surface area contributed by atoms with Crippen molar-refractivity contribution in [1.29, 1.82) is 0 Å². The summed E-state index contributed by atoms with van der Waals surface area (Å²) in [5, 5.41) is 13.0. The Morgan fingerprint density at radius 2 is 1.75 bits per heavy atom. The molecule has 1 saturated carbocycles. The van der Waals surface area contributed by atoms with Gasteiger partial charge in [-0.1, -0.05) is 25.0 Å². The molecule has 1 fully saturated rings. The zero-order valence-electron chi connectivity index (χ0n) is 11.3. The summed E-state index contributed by atoms with van der Waals surface area (Å²) in [7, 11) is 0. The van der Waals surface area contributed by atoms with Crippen molar-refractivity contribution >= 4 is 0 Å². The summed E-state index contributed by atoms with van der Waals surface area (Å²) in [6.07, 6.45) is -0.435. The number of nitrogens with one attached hydrogen (secondary N) is 1. The van der Waals surface area contributed by atoms with Crippen molar-refractivity contribution in [2.24, 2.45) is 5.92 Å². The lowest BCUT2D eigenvalue weighted by Crippen LogP contribution is -2.33. The van der Waals surface area contributed by atoms with Gasteiger partial charge in [0.15, 0.2) is 0 Å². The van der Waals surface area contributed by atoms with Gasteiger partial charge >= 0.3 is 6.18 Å². The molecule has 0 aliphatic heterocycles. The fourth-order valence-corrected chi connectivity index (χ4v) is 2.64. The van der Waals surface area contributed by atoms with E-state index < -0.39 is 11.7 Å². The molecule has 1 aliphatic rings. The first kappa shape index (κ1) is 15.3. The van der Waals surface area contributed by atoms with E-state index in [4.69, 9.17) is 0 Å². The number of hydrogen-bond donors (Lipinski definition) is 2. The largest absolute Gasteiger partial charge is 0.416 e. The van der Waals surface area contributed by atoms with Crippen LogP contribution in [-0.2, 0) is 12.7 Å². The maximum absolute atomic E-state index is 12.4. The highest BCUT2D eigenvalue weighted by Crippen LogP contribution is 2.29. The van der Waals surface area contributed by atoms with Crippen LogP contribution in [0, 0.1) is 5.92 Å². The van der Waals surface area contributed by atoms with Crippen molar-refractivity contribution in [2.45, 2.75) is 44.5 Å². The Kier molecular flexibility index (Phi) is 5.05. The molecule has 5 heteroatoms. The van der Waals surface area contributed by atoms with Crippen LogP contribution in [0.2, 0.25) is 0 Å². The minimum Gasteiger partial charge on any atom is -0.393 e. The monoisotopic (exact) mass is 287 g/mol. The molecule has 2 N–H and O–H groups in total. The summed E-state index contributed by atoms with van der Waals surface area (Å²) in [5.41, 5.74) is 0.201. The van der Waals surface area contributed by atoms with Crippen molar-refractivity contribution < 1.29 is 18.3 Å². The standard InChI is InChI=1S/C15H20F3NO/c16-15(17,18)13-7-5-11(6-8-13)9-19-10-12-3-1-2-4-14(12)20/h5-8,12,14,19-20H,1-4,9-10H2. The van der Waals surface area contributed by atoms with E-state index in [-0.39, 0.29) is 12.0 Å². The second kappa shape index (κ2) is 6.59.